The normalized spacial score (nSPS) is 10.2. The fraction of sp³-hybridized carbons (Fsp3) is 0.182. The predicted molar refractivity (Wildman–Crippen MR) is 66.4 cm³/mol. The van der Waals surface area contributed by atoms with E-state index in [0.717, 1.165) is 0 Å². The molecule has 2 rings (SSSR count). The molecule has 17 heavy (non-hydrogen) atoms. The van der Waals surface area contributed by atoms with Crippen molar-refractivity contribution in [2.45, 2.75) is 6.54 Å². The van der Waals surface area contributed by atoms with Gasteiger partial charge < -0.3 is 5.32 Å². The molecule has 5 nitrogen and oxygen atoms in total. The van der Waals surface area contributed by atoms with Gasteiger partial charge in [0.25, 0.3) is 5.56 Å². The quantitative estimate of drug-likeness (QED) is 0.894. The Labute approximate surface area is 103 Å². The smallest absolute Gasteiger partial charge is 0.253 e. The number of rotatable bonds is 3. The molecule has 0 saturated heterocycles. The zero-order chi connectivity index (χ0) is 12.3. The van der Waals surface area contributed by atoms with Gasteiger partial charge in [-0.2, -0.15) is 0 Å². The van der Waals surface area contributed by atoms with Crippen LogP contribution in [0.3, 0.4) is 0 Å². The maximum Gasteiger partial charge on any atom is 0.253 e. The minimum atomic E-state index is -0.132. The number of aromatic nitrogens is 3. The maximum atomic E-state index is 11.5. The molecule has 1 N–H and O–H groups in total. The molecule has 2 heterocycles. The molecule has 2 aromatic heterocycles. The average molecular weight is 251 g/mol. The average Bonchev–Trinajstić information content (AvgIpc) is 2.35. The minimum absolute atomic E-state index is 0.132. The van der Waals surface area contributed by atoms with Crippen LogP contribution in [0.25, 0.3) is 0 Å². The summed E-state index contributed by atoms with van der Waals surface area (Å²) in [6.07, 6.45) is 2.92. The van der Waals surface area contributed by atoms with Gasteiger partial charge in [0, 0.05) is 19.3 Å². The molecule has 0 bridgehead atoms. The van der Waals surface area contributed by atoms with Gasteiger partial charge in [-0.3, -0.25) is 9.36 Å². The van der Waals surface area contributed by atoms with Crippen LogP contribution < -0.4 is 10.9 Å². The lowest BCUT2D eigenvalue weighted by molar-refractivity contribution is 0.719. The highest BCUT2D eigenvalue weighted by molar-refractivity contribution is 6.31. The fourth-order valence-corrected chi connectivity index (χ4v) is 1.56. The van der Waals surface area contributed by atoms with Crippen molar-refractivity contribution in [1.82, 2.24) is 14.5 Å². The van der Waals surface area contributed by atoms with Crippen molar-refractivity contribution in [1.29, 1.82) is 0 Å². The SMILES string of the molecule is CNc1ccc(Cl)c(Cn2cnccc2=O)n1. The topological polar surface area (TPSA) is 59.8 Å². The molecule has 0 saturated carbocycles. The van der Waals surface area contributed by atoms with E-state index in [-0.39, 0.29) is 5.56 Å². The van der Waals surface area contributed by atoms with Gasteiger partial charge >= 0.3 is 0 Å². The number of anilines is 1. The third-order valence-electron chi connectivity index (χ3n) is 2.29. The van der Waals surface area contributed by atoms with Crippen molar-refractivity contribution < 1.29 is 0 Å². The Kier molecular flexibility index (Phi) is 3.39. The van der Waals surface area contributed by atoms with E-state index in [4.69, 9.17) is 11.6 Å². The summed E-state index contributed by atoms with van der Waals surface area (Å²) in [5, 5.41) is 3.45. The molecule has 0 radical (unpaired) electrons. The Morgan fingerprint density at radius 1 is 1.41 bits per heavy atom. The number of nitrogens with zero attached hydrogens (tertiary/aromatic N) is 3. The first-order valence-electron chi connectivity index (χ1n) is 5.04. The van der Waals surface area contributed by atoms with Gasteiger partial charge in [0.2, 0.25) is 0 Å². The summed E-state index contributed by atoms with van der Waals surface area (Å²) in [4.78, 5) is 19.7. The zero-order valence-electron chi connectivity index (χ0n) is 9.22. The predicted octanol–water partition coefficient (Wildman–Crippen LogP) is 1.38. The van der Waals surface area contributed by atoms with Crippen LogP contribution in [-0.4, -0.2) is 21.6 Å². The second-order valence-corrected chi connectivity index (χ2v) is 3.83. The van der Waals surface area contributed by atoms with Gasteiger partial charge in [-0.25, -0.2) is 9.97 Å². The number of nitrogens with one attached hydrogen (secondary N) is 1. The lowest BCUT2D eigenvalue weighted by atomic mass is 10.3. The Hall–Kier alpha value is -1.88. The van der Waals surface area contributed by atoms with Crippen LogP contribution in [0.1, 0.15) is 5.69 Å². The molecule has 88 valence electrons. The molecular weight excluding hydrogens is 240 g/mol. The summed E-state index contributed by atoms with van der Waals surface area (Å²) in [5.74, 6) is 0.710. The summed E-state index contributed by atoms with van der Waals surface area (Å²) >= 11 is 6.03. The third kappa shape index (κ3) is 2.62. The molecule has 0 aliphatic rings. The van der Waals surface area contributed by atoms with E-state index >= 15 is 0 Å². The van der Waals surface area contributed by atoms with Crippen molar-refractivity contribution in [3.05, 3.63) is 51.8 Å². The molecule has 0 atom stereocenters. The second kappa shape index (κ2) is 4.97. The van der Waals surface area contributed by atoms with Crippen LogP contribution in [0, 0.1) is 0 Å². The van der Waals surface area contributed by atoms with Crippen molar-refractivity contribution in [3.63, 3.8) is 0 Å². The Bertz CT molecular complexity index is 582. The van der Waals surface area contributed by atoms with Gasteiger partial charge in [0.05, 0.1) is 23.6 Å². The number of halogens is 1. The second-order valence-electron chi connectivity index (χ2n) is 3.42. The standard InChI is InChI=1S/C11H11ClN4O/c1-13-10-3-2-8(12)9(15-10)6-16-7-14-5-4-11(16)17/h2-5,7H,6H2,1H3,(H,13,15). The molecule has 0 fully saturated rings. The number of hydrogen-bond acceptors (Lipinski definition) is 4. The lowest BCUT2D eigenvalue weighted by Crippen LogP contribution is -2.20. The van der Waals surface area contributed by atoms with Crippen LogP contribution in [0.4, 0.5) is 5.82 Å². The zero-order valence-corrected chi connectivity index (χ0v) is 9.98. The van der Waals surface area contributed by atoms with Crippen LogP contribution in [0.2, 0.25) is 5.02 Å². The molecule has 0 aliphatic heterocycles. The summed E-state index contributed by atoms with van der Waals surface area (Å²) < 4.78 is 1.45. The van der Waals surface area contributed by atoms with Gasteiger partial charge in [0.1, 0.15) is 5.82 Å². The monoisotopic (exact) mass is 250 g/mol. The molecule has 2 aromatic rings. The summed E-state index contributed by atoms with van der Waals surface area (Å²) in [6.45, 7) is 0.307. The van der Waals surface area contributed by atoms with E-state index in [1.807, 2.05) is 0 Å². The highest BCUT2D eigenvalue weighted by Crippen LogP contribution is 2.16. The van der Waals surface area contributed by atoms with Crippen molar-refractivity contribution in [2.75, 3.05) is 12.4 Å². The van der Waals surface area contributed by atoms with Gasteiger partial charge in [-0.05, 0) is 12.1 Å². The Balaban J connectivity index is 2.36. The highest BCUT2D eigenvalue weighted by atomic mass is 35.5. The van der Waals surface area contributed by atoms with E-state index in [1.165, 1.54) is 23.2 Å². The van der Waals surface area contributed by atoms with Gasteiger partial charge in [0.15, 0.2) is 0 Å². The molecule has 0 aromatic carbocycles. The Morgan fingerprint density at radius 3 is 2.94 bits per heavy atom. The first-order valence-corrected chi connectivity index (χ1v) is 5.42. The fourth-order valence-electron chi connectivity index (χ4n) is 1.39. The van der Waals surface area contributed by atoms with Crippen molar-refractivity contribution >= 4 is 17.4 Å². The van der Waals surface area contributed by atoms with E-state index in [0.29, 0.717) is 23.1 Å². The molecule has 0 unspecified atom stereocenters. The summed E-state index contributed by atoms with van der Waals surface area (Å²) in [5.41, 5.74) is 0.501. The van der Waals surface area contributed by atoms with Crippen molar-refractivity contribution in [2.24, 2.45) is 0 Å². The number of pyridine rings is 1. The lowest BCUT2D eigenvalue weighted by Gasteiger charge is -2.07. The van der Waals surface area contributed by atoms with Crippen LogP contribution in [0.5, 0.6) is 0 Å². The highest BCUT2D eigenvalue weighted by Gasteiger charge is 2.05. The third-order valence-corrected chi connectivity index (χ3v) is 2.63. The first-order chi connectivity index (χ1) is 8.20. The van der Waals surface area contributed by atoms with Gasteiger partial charge in [-0.15, -0.1) is 0 Å². The Morgan fingerprint density at radius 2 is 2.24 bits per heavy atom. The molecule has 0 amide bonds. The van der Waals surface area contributed by atoms with Crippen LogP contribution >= 0.6 is 11.6 Å². The largest absolute Gasteiger partial charge is 0.373 e. The first kappa shape index (κ1) is 11.6. The summed E-state index contributed by atoms with van der Waals surface area (Å²) in [6, 6.07) is 4.92. The molecule has 0 aliphatic carbocycles. The molecular formula is C11H11ClN4O. The van der Waals surface area contributed by atoms with Crippen LogP contribution in [0.15, 0.2) is 35.5 Å². The van der Waals surface area contributed by atoms with E-state index in [9.17, 15) is 4.79 Å². The maximum absolute atomic E-state index is 11.5. The van der Waals surface area contributed by atoms with E-state index in [2.05, 4.69) is 15.3 Å². The number of hydrogen-bond donors (Lipinski definition) is 1. The van der Waals surface area contributed by atoms with E-state index < -0.39 is 0 Å². The summed E-state index contributed by atoms with van der Waals surface area (Å²) in [7, 11) is 1.77. The van der Waals surface area contributed by atoms with Gasteiger partial charge in [-0.1, -0.05) is 11.6 Å². The molecule has 6 heteroatoms. The van der Waals surface area contributed by atoms with Crippen LogP contribution in [-0.2, 0) is 6.54 Å². The minimum Gasteiger partial charge on any atom is -0.373 e. The van der Waals surface area contributed by atoms with E-state index in [1.54, 1.807) is 19.2 Å². The van der Waals surface area contributed by atoms with Crippen molar-refractivity contribution in [3.8, 4) is 0 Å². The molecule has 0 spiro atoms.